The van der Waals surface area contributed by atoms with E-state index in [4.69, 9.17) is 9.15 Å². The van der Waals surface area contributed by atoms with Crippen LogP contribution in [0, 0.1) is 11.8 Å². The molecule has 2 aliphatic rings. The smallest absolute Gasteiger partial charge is 0.225 e. The maximum absolute atomic E-state index is 12.8. The average molecular weight is 364 g/mol. The number of carbonyl (C=O) groups is 1. The Morgan fingerprint density at radius 2 is 1.88 bits per heavy atom. The average Bonchev–Trinajstić information content (AvgIpc) is 3.32. The SMILES string of the molecule is CCCC(CCC)C(=O)N1CCC(Cc2nnc(C3CCOCC3)o2)C1. The highest BCUT2D eigenvalue weighted by Crippen LogP contribution is 2.28. The summed E-state index contributed by atoms with van der Waals surface area (Å²) in [5.74, 6) is 2.82. The first kappa shape index (κ1) is 19.3. The van der Waals surface area contributed by atoms with Crippen molar-refractivity contribution in [2.75, 3.05) is 26.3 Å². The highest BCUT2D eigenvalue weighted by Gasteiger charge is 2.31. The van der Waals surface area contributed by atoms with Crippen LogP contribution in [0.15, 0.2) is 4.42 Å². The highest BCUT2D eigenvalue weighted by atomic mass is 16.5. The number of nitrogens with zero attached hydrogens (tertiary/aromatic N) is 3. The summed E-state index contributed by atoms with van der Waals surface area (Å²) >= 11 is 0. The van der Waals surface area contributed by atoms with Gasteiger partial charge in [-0.1, -0.05) is 26.7 Å². The second kappa shape index (κ2) is 9.49. The van der Waals surface area contributed by atoms with E-state index in [1.165, 1.54) is 0 Å². The summed E-state index contributed by atoms with van der Waals surface area (Å²) in [6.45, 7) is 7.58. The molecule has 1 amide bonds. The Hall–Kier alpha value is -1.43. The van der Waals surface area contributed by atoms with Gasteiger partial charge in [-0.2, -0.15) is 0 Å². The molecule has 3 heterocycles. The molecular weight excluding hydrogens is 330 g/mol. The van der Waals surface area contributed by atoms with Crippen LogP contribution in [-0.2, 0) is 16.0 Å². The second-order valence-corrected chi connectivity index (χ2v) is 7.84. The number of rotatable bonds is 8. The normalized spacial score (nSPS) is 21.7. The van der Waals surface area contributed by atoms with Gasteiger partial charge in [0.05, 0.1) is 0 Å². The first-order valence-electron chi connectivity index (χ1n) is 10.4. The molecule has 3 rings (SSSR count). The van der Waals surface area contributed by atoms with Gasteiger partial charge in [-0.05, 0) is 38.0 Å². The van der Waals surface area contributed by atoms with Gasteiger partial charge in [-0.3, -0.25) is 4.79 Å². The number of amides is 1. The third-order valence-electron chi connectivity index (χ3n) is 5.74. The third-order valence-corrected chi connectivity index (χ3v) is 5.74. The Morgan fingerprint density at radius 1 is 1.15 bits per heavy atom. The lowest BCUT2D eigenvalue weighted by Crippen LogP contribution is -2.34. The molecule has 2 aliphatic heterocycles. The van der Waals surface area contributed by atoms with Crippen molar-refractivity contribution >= 4 is 5.91 Å². The van der Waals surface area contributed by atoms with E-state index in [0.717, 1.165) is 89.5 Å². The van der Waals surface area contributed by atoms with Gasteiger partial charge < -0.3 is 14.1 Å². The molecule has 6 heteroatoms. The molecule has 6 nitrogen and oxygen atoms in total. The predicted octanol–water partition coefficient (Wildman–Crippen LogP) is 3.57. The zero-order chi connectivity index (χ0) is 18.4. The molecule has 0 spiro atoms. The van der Waals surface area contributed by atoms with Crippen LogP contribution in [0.5, 0.6) is 0 Å². The maximum Gasteiger partial charge on any atom is 0.225 e. The Kier molecular flexibility index (Phi) is 7.06. The van der Waals surface area contributed by atoms with Gasteiger partial charge in [0.15, 0.2) is 0 Å². The van der Waals surface area contributed by atoms with Crippen LogP contribution in [-0.4, -0.2) is 47.3 Å². The monoisotopic (exact) mass is 363 g/mol. The van der Waals surface area contributed by atoms with Gasteiger partial charge >= 0.3 is 0 Å². The summed E-state index contributed by atoms with van der Waals surface area (Å²) in [6, 6.07) is 0. The fourth-order valence-electron chi connectivity index (χ4n) is 4.25. The van der Waals surface area contributed by atoms with Crippen LogP contribution < -0.4 is 0 Å². The number of hydrogen-bond acceptors (Lipinski definition) is 5. The van der Waals surface area contributed by atoms with Gasteiger partial charge in [-0.25, -0.2) is 0 Å². The molecular formula is C20H33N3O3. The van der Waals surface area contributed by atoms with Crippen molar-refractivity contribution in [2.45, 2.75) is 71.1 Å². The summed E-state index contributed by atoms with van der Waals surface area (Å²) in [6.07, 6.45) is 7.90. The van der Waals surface area contributed by atoms with Gasteiger partial charge in [-0.15, -0.1) is 10.2 Å². The van der Waals surface area contributed by atoms with Crippen LogP contribution in [0.25, 0.3) is 0 Å². The summed E-state index contributed by atoms with van der Waals surface area (Å²) in [4.78, 5) is 14.9. The fourth-order valence-corrected chi connectivity index (χ4v) is 4.25. The molecule has 0 bridgehead atoms. The van der Waals surface area contributed by atoms with Crippen molar-refractivity contribution in [1.82, 2.24) is 15.1 Å². The van der Waals surface area contributed by atoms with E-state index in [2.05, 4.69) is 28.9 Å². The second-order valence-electron chi connectivity index (χ2n) is 7.84. The Balaban J connectivity index is 1.51. The summed E-state index contributed by atoms with van der Waals surface area (Å²) in [7, 11) is 0. The minimum Gasteiger partial charge on any atom is -0.425 e. The minimum atomic E-state index is 0.201. The van der Waals surface area contributed by atoms with Gasteiger partial charge in [0.25, 0.3) is 0 Å². The van der Waals surface area contributed by atoms with E-state index in [-0.39, 0.29) is 5.92 Å². The van der Waals surface area contributed by atoms with E-state index in [1.807, 2.05) is 0 Å². The van der Waals surface area contributed by atoms with Crippen molar-refractivity contribution in [2.24, 2.45) is 11.8 Å². The van der Waals surface area contributed by atoms with E-state index >= 15 is 0 Å². The van der Waals surface area contributed by atoms with E-state index in [1.54, 1.807) is 0 Å². The topological polar surface area (TPSA) is 68.5 Å². The van der Waals surface area contributed by atoms with Crippen LogP contribution in [0.2, 0.25) is 0 Å². The van der Waals surface area contributed by atoms with Gasteiger partial charge in [0, 0.05) is 44.6 Å². The van der Waals surface area contributed by atoms with E-state index < -0.39 is 0 Å². The predicted molar refractivity (Wildman–Crippen MR) is 98.8 cm³/mol. The summed E-state index contributed by atoms with van der Waals surface area (Å²) in [5, 5.41) is 8.52. The molecule has 0 aromatic carbocycles. The maximum atomic E-state index is 12.8. The van der Waals surface area contributed by atoms with Crippen LogP contribution in [0.3, 0.4) is 0 Å². The van der Waals surface area contributed by atoms with Crippen LogP contribution >= 0.6 is 0 Å². The minimum absolute atomic E-state index is 0.201. The molecule has 146 valence electrons. The Morgan fingerprint density at radius 3 is 2.58 bits per heavy atom. The zero-order valence-electron chi connectivity index (χ0n) is 16.3. The standard InChI is InChI=1S/C20H33N3O3/c1-3-5-17(6-4-2)20(24)23-10-7-15(14-23)13-18-21-22-19(26-18)16-8-11-25-12-9-16/h15-17H,3-14H2,1-2H3. The van der Waals surface area contributed by atoms with Crippen molar-refractivity contribution < 1.29 is 13.9 Å². The summed E-state index contributed by atoms with van der Waals surface area (Å²) in [5.41, 5.74) is 0. The van der Waals surface area contributed by atoms with E-state index in [9.17, 15) is 4.79 Å². The van der Waals surface area contributed by atoms with Crippen LogP contribution in [0.4, 0.5) is 0 Å². The van der Waals surface area contributed by atoms with Crippen molar-refractivity contribution in [3.63, 3.8) is 0 Å². The van der Waals surface area contributed by atoms with Crippen molar-refractivity contribution in [1.29, 1.82) is 0 Å². The molecule has 0 aliphatic carbocycles. The highest BCUT2D eigenvalue weighted by molar-refractivity contribution is 5.79. The lowest BCUT2D eigenvalue weighted by Gasteiger charge is -2.23. The molecule has 0 radical (unpaired) electrons. The lowest BCUT2D eigenvalue weighted by molar-refractivity contribution is -0.135. The zero-order valence-corrected chi connectivity index (χ0v) is 16.3. The quantitative estimate of drug-likeness (QED) is 0.706. The van der Waals surface area contributed by atoms with Gasteiger partial charge in [0.2, 0.25) is 17.7 Å². The van der Waals surface area contributed by atoms with Crippen molar-refractivity contribution in [3.8, 4) is 0 Å². The molecule has 0 N–H and O–H groups in total. The first-order valence-corrected chi connectivity index (χ1v) is 10.4. The number of aromatic nitrogens is 2. The molecule has 1 atom stereocenters. The van der Waals surface area contributed by atoms with Crippen LogP contribution in [0.1, 0.15) is 76.5 Å². The number of ether oxygens (including phenoxy) is 1. The number of carbonyl (C=O) groups excluding carboxylic acids is 1. The number of likely N-dealkylation sites (tertiary alicyclic amines) is 1. The molecule has 1 aromatic heterocycles. The molecule has 0 saturated carbocycles. The third kappa shape index (κ3) is 4.84. The molecule has 26 heavy (non-hydrogen) atoms. The molecule has 2 saturated heterocycles. The fraction of sp³-hybridized carbons (Fsp3) is 0.850. The Labute approximate surface area is 156 Å². The van der Waals surface area contributed by atoms with Crippen molar-refractivity contribution in [3.05, 3.63) is 11.8 Å². The molecule has 1 unspecified atom stereocenters. The first-order chi connectivity index (χ1) is 12.7. The summed E-state index contributed by atoms with van der Waals surface area (Å²) < 4.78 is 11.3. The lowest BCUT2D eigenvalue weighted by atomic mass is 9.97. The van der Waals surface area contributed by atoms with Gasteiger partial charge in [0.1, 0.15) is 0 Å². The largest absolute Gasteiger partial charge is 0.425 e. The molecule has 1 aromatic rings. The number of hydrogen-bond donors (Lipinski definition) is 0. The Bertz CT molecular complexity index is 562. The molecule has 2 fully saturated rings. The van der Waals surface area contributed by atoms with E-state index in [0.29, 0.717) is 17.7 Å².